The number of likely N-dealkylation sites (tertiary alicyclic amines) is 1. The normalized spacial score (nSPS) is 35.3. The highest BCUT2D eigenvalue weighted by Crippen LogP contribution is 2.54. The molecule has 28 heavy (non-hydrogen) atoms. The molecule has 5 heteroatoms. The van der Waals surface area contributed by atoms with Crippen molar-refractivity contribution >= 4 is 0 Å². The van der Waals surface area contributed by atoms with Crippen LogP contribution in [0.5, 0.6) is 11.5 Å². The first-order chi connectivity index (χ1) is 13.5. The molecule has 2 aliphatic heterocycles. The molecule has 2 saturated heterocycles. The van der Waals surface area contributed by atoms with Crippen molar-refractivity contribution in [3.63, 3.8) is 0 Å². The third-order valence-electron chi connectivity index (χ3n) is 7.24. The molecule has 1 aromatic rings. The maximum Gasteiger partial charge on any atom is 0.170 e. The third kappa shape index (κ3) is 3.53. The monoisotopic (exact) mass is 389 g/mol. The van der Waals surface area contributed by atoms with Gasteiger partial charge in [0.15, 0.2) is 17.3 Å². The quantitative estimate of drug-likeness (QED) is 0.735. The summed E-state index contributed by atoms with van der Waals surface area (Å²) < 4.78 is 23.7. The number of hydrogen-bond acceptors (Lipinski definition) is 5. The number of fused-ring (bicyclic) bond motifs is 1. The lowest BCUT2D eigenvalue weighted by atomic mass is 9.65. The van der Waals surface area contributed by atoms with Crippen molar-refractivity contribution in [2.45, 2.75) is 69.8 Å². The van der Waals surface area contributed by atoms with Gasteiger partial charge in [0.2, 0.25) is 0 Å². The molecule has 0 aromatic heterocycles. The van der Waals surface area contributed by atoms with E-state index in [1.165, 1.54) is 12.0 Å². The molecular formula is C23H35NO4. The van der Waals surface area contributed by atoms with Crippen LogP contribution < -0.4 is 9.47 Å². The summed E-state index contributed by atoms with van der Waals surface area (Å²) >= 11 is 0. The number of nitrogens with zero attached hydrogens (tertiary/aromatic N) is 1. The largest absolute Gasteiger partial charge is 0.493 e. The Hall–Kier alpha value is -1.30. The topological polar surface area (TPSA) is 40.2 Å². The summed E-state index contributed by atoms with van der Waals surface area (Å²) in [6.07, 6.45) is 7.95. The van der Waals surface area contributed by atoms with E-state index in [1.807, 2.05) is 6.07 Å². The smallest absolute Gasteiger partial charge is 0.170 e. The van der Waals surface area contributed by atoms with Crippen molar-refractivity contribution in [1.82, 2.24) is 4.90 Å². The van der Waals surface area contributed by atoms with Crippen LogP contribution in [0.1, 0.15) is 51.0 Å². The van der Waals surface area contributed by atoms with Crippen molar-refractivity contribution in [3.8, 4) is 11.5 Å². The van der Waals surface area contributed by atoms with E-state index in [4.69, 9.17) is 18.9 Å². The Morgan fingerprint density at radius 1 is 1.14 bits per heavy atom. The molecule has 2 heterocycles. The summed E-state index contributed by atoms with van der Waals surface area (Å²) in [7, 11) is 5.66. The van der Waals surface area contributed by atoms with Crippen molar-refractivity contribution in [3.05, 3.63) is 23.8 Å². The summed E-state index contributed by atoms with van der Waals surface area (Å²) in [4.78, 5) is 2.53. The van der Waals surface area contributed by atoms with Crippen LogP contribution >= 0.6 is 0 Å². The third-order valence-corrected chi connectivity index (χ3v) is 7.24. The van der Waals surface area contributed by atoms with Gasteiger partial charge in [-0.05, 0) is 62.4 Å². The average molecular weight is 390 g/mol. The first-order valence-electron chi connectivity index (χ1n) is 10.8. The van der Waals surface area contributed by atoms with Gasteiger partial charge in [0.1, 0.15) is 0 Å². The minimum atomic E-state index is -0.357. The lowest BCUT2D eigenvalue weighted by molar-refractivity contribution is -0.210. The van der Waals surface area contributed by atoms with Gasteiger partial charge in [-0.15, -0.1) is 0 Å². The van der Waals surface area contributed by atoms with Crippen LogP contribution in [0.2, 0.25) is 0 Å². The van der Waals surface area contributed by atoms with Gasteiger partial charge >= 0.3 is 0 Å². The van der Waals surface area contributed by atoms with Crippen LogP contribution in [0, 0.1) is 5.41 Å². The Labute approximate surface area is 169 Å². The minimum Gasteiger partial charge on any atom is -0.493 e. The van der Waals surface area contributed by atoms with Crippen LogP contribution in [0.25, 0.3) is 0 Å². The molecule has 0 bridgehead atoms. The van der Waals surface area contributed by atoms with Crippen LogP contribution in [0.3, 0.4) is 0 Å². The molecule has 1 aromatic carbocycles. The first kappa shape index (κ1) is 20.0. The van der Waals surface area contributed by atoms with Crippen molar-refractivity contribution in [2.24, 2.45) is 5.41 Å². The highest BCUT2D eigenvalue weighted by molar-refractivity contribution is 5.43. The highest BCUT2D eigenvalue weighted by Gasteiger charge is 2.56. The second-order valence-electron chi connectivity index (χ2n) is 8.93. The standard InChI is InChI=1S/C23H35NO4/c1-5-6-18-16-27-23(28-18)10-9-22(11-12-24(2)21(22)15-23)14-17-7-8-19(25-3)20(13-17)26-4/h7-8,13,18,21H,5-6,9-12,14-16H2,1-4H3/t18?,21-,22-,23?/m0/s1. The summed E-state index contributed by atoms with van der Waals surface area (Å²) in [5.41, 5.74) is 1.61. The van der Waals surface area contributed by atoms with Gasteiger partial charge in [0.25, 0.3) is 0 Å². The molecule has 4 atom stereocenters. The number of hydrogen-bond donors (Lipinski definition) is 0. The molecule has 4 rings (SSSR count). The molecule has 0 radical (unpaired) electrons. The lowest BCUT2D eigenvalue weighted by Gasteiger charge is -2.48. The molecule has 0 amide bonds. The first-order valence-corrected chi connectivity index (χ1v) is 10.8. The Kier molecular flexibility index (Phi) is 5.60. The van der Waals surface area contributed by atoms with Crippen molar-refractivity contribution in [1.29, 1.82) is 0 Å². The minimum absolute atomic E-state index is 0.273. The van der Waals surface area contributed by atoms with Crippen molar-refractivity contribution in [2.75, 3.05) is 34.4 Å². The van der Waals surface area contributed by atoms with E-state index in [1.54, 1.807) is 14.2 Å². The molecule has 1 aliphatic carbocycles. The van der Waals surface area contributed by atoms with Gasteiger partial charge < -0.3 is 23.8 Å². The average Bonchev–Trinajstić information content (AvgIpc) is 3.24. The zero-order valence-corrected chi connectivity index (χ0v) is 17.8. The Bertz CT molecular complexity index is 695. The van der Waals surface area contributed by atoms with Gasteiger partial charge in [-0.1, -0.05) is 19.4 Å². The molecule has 3 aliphatic rings. The van der Waals surface area contributed by atoms with E-state index in [0.717, 1.165) is 63.2 Å². The fourth-order valence-electron chi connectivity index (χ4n) is 5.70. The molecule has 2 unspecified atom stereocenters. The fraction of sp³-hybridized carbons (Fsp3) is 0.739. The van der Waals surface area contributed by atoms with E-state index in [2.05, 4.69) is 31.0 Å². The fourth-order valence-corrected chi connectivity index (χ4v) is 5.70. The van der Waals surface area contributed by atoms with Crippen LogP contribution in [-0.4, -0.2) is 57.3 Å². The van der Waals surface area contributed by atoms with E-state index in [-0.39, 0.29) is 17.3 Å². The molecule has 1 spiro atoms. The van der Waals surface area contributed by atoms with Crippen LogP contribution in [0.15, 0.2) is 18.2 Å². The number of rotatable bonds is 6. The lowest BCUT2D eigenvalue weighted by Crippen LogP contribution is -2.51. The van der Waals surface area contributed by atoms with Crippen LogP contribution in [0.4, 0.5) is 0 Å². The van der Waals surface area contributed by atoms with Gasteiger partial charge in [-0.3, -0.25) is 0 Å². The molecule has 0 N–H and O–H groups in total. The summed E-state index contributed by atoms with van der Waals surface area (Å²) in [6, 6.07) is 6.86. The Morgan fingerprint density at radius 3 is 2.71 bits per heavy atom. The molecule has 3 fully saturated rings. The van der Waals surface area contributed by atoms with Gasteiger partial charge in [-0.25, -0.2) is 0 Å². The summed E-state index contributed by atoms with van der Waals surface area (Å²) in [6.45, 7) is 4.12. The van der Waals surface area contributed by atoms with Gasteiger partial charge in [0, 0.05) is 18.9 Å². The highest BCUT2D eigenvalue weighted by atomic mass is 16.7. The second-order valence-corrected chi connectivity index (χ2v) is 8.93. The molecule has 5 nitrogen and oxygen atoms in total. The van der Waals surface area contributed by atoms with Crippen LogP contribution in [-0.2, 0) is 15.9 Å². The zero-order valence-electron chi connectivity index (χ0n) is 17.8. The predicted octanol–water partition coefficient (Wildman–Crippen LogP) is 4.03. The Morgan fingerprint density at radius 2 is 1.96 bits per heavy atom. The maximum absolute atomic E-state index is 6.46. The van der Waals surface area contributed by atoms with E-state index in [9.17, 15) is 0 Å². The SMILES string of the molecule is CCCC1COC2(CC[C@@]3(Cc4ccc(OC)c(OC)c4)CCN(C)[C@H]3C2)O1. The number of benzene rings is 1. The summed E-state index contributed by atoms with van der Waals surface area (Å²) in [5.74, 6) is 1.25. The molecule has 156 valence electrons. The van der Waals surface area contributed by atoms with E-state index < -0.39 is 0 Å². The van der Waals surface area contributed by atoms with Gasteiger partial charge in [-0.2, -0.15) is 0 Å². The molecular weight excluding hydrogens is 354 g/mol. The number of methoxy groups -OCH3 is 2. The molecule has 1 saturated carbocycles. The van der Waals surface area contributed by atoms with E-state index in [0.29, 0.717) is 6.04 Å². The van der Waals surface area contributed by atoms with Crippen molar-refractivity contribution < 1.29 is 18.9 Å². The second kappa shape index (κ2) is 7.85. The maximum atomic E-state index is 6.46. The Balaban J connectivity index is 1.53. The number of ether oxygens (including phenoxy) is 4. The van der Waals surface area contributed by atoms with Gasteiger partial charge in [0.05, 0.1) is 26.9 Å². The summed E-state index contributed by atoms with van der Waals surface area (Å²) in [5, 5.41) is 0. The predicted molar refractivity (Wildman–Crippen MR) is 109 cm³/mol. The zero-order chi connectivity index (χ0) is 19.8. The van der Waals surface area contributed by atoms with E-state index >= 15 is 0 Å².